The standard InChI is InChI=1S/C14H18ClFN2S/c1-9-4-2-3-5-12(9)17-14(19)18-13-7-6-10(16)8-11(13)15/h6-9,12H,2-5H2,1H3,(H2,17,18,19)/t9-,12+/m0/s1. The molecular formula is C14H18ClFN2S. The Morgan fingerprint density at radius 2 is 2.11 bits per heavy atom. The molecular weight excluding hydrogens is 283 g/mol. The summed E-state index contributed by atoms with van der Waals surface area (Å²) in [5, 5.41) is 7.24. The van der Waals surface area contributed by atoms with Gasteiger partial charge in [0.2, 0.25) is 0 Å². The maximum Gasteiger partial charge on any atom is 0.171 e. The molecule has 0 unspecified atom stereocenters. The predicted molar refractivity (Wildman–Crippen MR) is 82.2 cm³/mol. The van der Waals surface area contributed by atoms with Crippen molar-refractivity contribution in [2.24, 2.45) is 5.92 Å². The van der Waals surface area contributed by atoms with Gasteiger partial charge in [0.15, 0.2) is 5.11 Å². The molecule has 0 bridgehead atoms. The van der Waals surface area contributed by atoms with Gasteiger partial charge in [-0.15, -0.1) is 0 Å². The molecule has 0 aliphatic heterocycles. The molecule has 0 radical (unpaired) electrons. The van der Waals surface area contributed by atoms with E-state index in [1.54, 1.807) is 6.07 Å². The van der Waals surface area contributed by atoms with Gasteiger partial charge in [0.1, 0.15) is 5.82 Å². The number of benzene rings is 1. The Hall–Kier alpha value is -0.870. The summed E-state index contributed by atoms with van der Waals surface area (Å²) in [4.78, 5) is 0. The molecule has 2 nitrogen and oxygen atoms in total. The zero-order valence-electron chi connectivity index (χ0n) is 10.9. The Bertz CT molecular complexity index is 467. The second-order valence-electron chi connectivity index (χ2n) is 5.09. The van der Waals surface area contributed by atoms with Crippen molar-refractivity contribution in [2.45, 2.75) is 38.6 Å². The Kier molecular flexibility index (Phi) is 4.99. The molecule has 2 rings (SSSR count). The van der Waals surface area contributed by atoms with Crippen molar-refractivity contribution in [3.05, 3.63) is 29.0 Å². The first kappa shape index (κ1) is 14.5. The molecule has 1 aromatic rings. The SMILES string of the molecule is C[C@H]1CCCC[C@H]1NC(=S)Nc1ccc(F)cc1Cl. The molecule has 0 spiro atoms. The normalized spacial score (nSPS) is 22.9. The molecule has 1 aliphatic carbocycles. The Morgan fingerprint density at radius 3 is 2.79 bits per heavy atom. The van der Waals surface area contributed by atoms with Crippen molar-refractivity contribution >= 4 is 34.6 Å². The van der Waals surface area contributed by atoms with Crippen LogP contribution in [0, 0.1) is 11.7 Å². The number of rotatable bonds is 2. The summed E-state index contributed by atoms with van der Waals surface area (Å²) in [6, 6.07) is 4.64. The van der Waals surface area contributed by atoms with Crippen molar-refractivity contribution in [2.75, 3.05) is 5.32 Å². The Labute approximate surface area is 123 Å². The van der Waals surface area contributed by atoms with E-state index in [0.717, 1.165) is 6.42 Å². The van der Waals surface area contributed by atoms with Gasteiger partial charge < -0.3 is 10.6 Å². The summed E-state index contributed by atoms with van der Waals surface area (Å²) < 4.78 is 12.9. The molecule has 1 fully saturated rings. The fourth-order valence-electron chi connectivity index (χ4n) is 2.45. The largest absolute Gasteiger partial charge is 0.359 e. The molecule has 0 aromatic heterocycles. The molecule has 2 atom stereocenters. The number of anilines is 1. The van der Waals surface area contributed by atoms with E-state index in [0.29, 0.717) is 27.8 Å². The molecule has 104 valence electrons. The number of hydrogen-bond acceptors (Lipinski definition) is 1. The Balaban J connectivity index is 1.93. The van der Waals surface area contributed by atoms with Gasteiger partial charge in [0.25, 0.3) is 0 Å². The summed E-state index contributed by atoms with van der Waals surface area (Å²) in [6.45, 7) is 2.24. The second-order valence-corrected chi connectivity index (χ2v) is 5.91. The number of hydrogen-bond donors (Lipinski definition) is 2. The van der Waals surface area contributed by atoms with E-state index in [1.165, 1.54) is 31.4 Å². The van der Waals surface area contributed by atoms with Crippen LogP contribution in [-0.4, -0.2) is 11.2 Å². The van der Waals surface area contributed by atoms with E-state index in [4.69, 9.17) is 23.8 Å². The van der Waals surface area contributed by atoms with Crippen LogP contribution in [0.4, 0.5) is 10.1 Å². The minimum atomic E-state index is -0.352. The minimum absolute atomic E-state index is 0.334. The van der Waals surface area contributed by atoms with Crippen molar-refractivity contribution in [1.29, 1.82) is 0 Å². The topological polar surface area (TPSA) is 24.1 Å². The molecule has 1 saturated carbocycles. The minimum Gasteiger partial charge on any atom is -0.359 e. The van der Waals surface area contributed by atoms with E-state index in [1.807, 2.05) is 0 Å². The van der Waals surface area contributed by atoms with Crippen LogP contribution >= 0.6 is 23.8 Å². The lowest BCUT2D eigenvalue weighted by Gasteiger charge is -2.30. The number of halogens is 2. The molecule has 5 heteroatoms. The molecule has 2 N–H and O–H groups in total. The van der Waals surface area contributed by atoms with Crippen molar-refractivity contribution in [3.8, 4) is 0 Å². The molecule has 0 saturated heterocycles. The average Bonchev–Trinajstić information content (AvgIpc) is 2.36. The maximum atomic E-state index is 12.9. The van der Waals surface area contributed by atoms with Crippen LogP contribution in [0.25, 0.3) is 0 Å². The second kappa shape index (κ2) is 6.53. The van der Waals surface area contributed by atoms with Gasteiger partial charge in [-0.3, -0.25) is 0 Å². The van der Waals surface area contributed by atoms with E-state index in [9.17, 15) is 4.39 Å². The zero-order chi connectivity index (χ0) is 13.8. The average molecular weight is 301 g/mol. The van der Waals surface area contributed by atoms with Gasteiger partial charge in [-0.2, -0.15) is 0 Å². The fourth-order valence-corrected chi connectivity index (χ4v) is 2.92. The van der Waals surface area contributed by atoms with E-state index < -0.39 is 0 Å². The third kappa shape index (κ3) is 4.05. The molecule has 0 heterocycles. The van der Waals surface area contributed by atoms with Crippen LogP contribution in [0.3, 0.4) is 0 Å². The fraction of sp³-hybridized carbons (Fsp3) is 0.500. The van der Waals surface area contributed by atoms with Gasteiger partial charge in [-0.25, -0.2) is 4.39 Å². The van der Waals surface area contributed by atoms with Gasteiger partial charge >= 0.3 is 0 Å². The highest BCUT2D eigenvalue weighted by Crippen LogP contribution is 2.25. The van der Waals surface area contributed by atoms with Gasteiger partial charge in [-0.1, -0.05) is 31.4 Å². The highest BCUT2D eigenvalue weighted by molar-refractivity contribution is 7.80. The van der Waals surface area contributed by atoms with Gasteiger partial charge in [-0.05, 0) is 49.2 Å². The third-order valence-electron chi connectivity index (χ3n) is 3.61. The molecule has 1 aliphatic rings. The number of nitrogens with one attached hydrogen (secondary N) is 2. The van der Waals surface area contributed by atoms with E-state index in [-0.39, 0.29) is 5.82 Å². The first-order valence-electron chi connectivity index (χ1n) is 6.59. The smallest absolute Gasteiger partial charge is 0.171 e. The van der Waals surface area contributed by atoms with Crippen LogP contribution in [0.15, 0.2) is 18.2 Å². The number of thiocarbonyl (C=S) groups is 1. The quantitative estimate of drug-likeness (QED) is 0.794. The monoisotopic (exact) mass is 300 g/mol. The molecule has 19 heavy (non-hydrogen) atoms. The highest BCUT2D eigenvalue weighted by atomic mass is 35.5. The van der Waals surface area contributed by atoms with Crippen molar-refractivity contribution in [3.63, 3.8) is 0 Å². The molecule has 0 amide bonds. The first-order chi connectivity index (χ1) is 9.06. The Morgan fingerprint density at radius 1 is 1.37 bits per heavy atom. The van der Waals surface area contributed by atoms with Crippen LogP contribution in [0.2, 0.25) is 5.02 Å². The van der Waals surface area contributed by atoms with E-state index >= 15 is 0 Å². The van der Waals surface area contributed by atoms with Crippen molar-refractivity contribution in [1.82, 2.24) is 5.32 Å². The van der Waals surface area contributed by atoms with Crippen LogP contribution in [0.5, 0.6) is 0 Å². The van der Waals surface area contributed by atoms with Crippen LogP contribution in [0.1, 0.15) is 32.6 Å². The molecule has 1 aromatic carbocycles. The lowest BCUT2D eigenvalue weighted by molar-refractivity contribution is 0.309. The summed E-state index contributed by atoms with van der Waals surface area (Å²) in [7, 11) is 0. The lowest BCUT2D eigenvalue weighted by atomic mass is 9.86. The summed E-state index contributed by atoms with van der Waals surface area (Å²) in [5.74, 6) is 0.271. The van der Waals surface area contributed by atoms with Gasteiger partial charge in [0, 0.05) is 6.04 Å². The highest BCUT2D eigenvalue weighted by Gasteiger charge is 2.21. The summed E-state index contributed by atoms with van der Waals surface area (Å²) in [6.07, 6.45) is 4.91. The summed E-state index contributed by atoms with van der Waals surface area (Å²) >= 11 is 11.2. The van der Waals surface area contributed by atoms with E-state index in [2.05, 4.69) is 17.6 Å². The zero-order valence-corrected chi connectivity index (χ0v) is 12.5. The van der Waals surface area contributed by atoms with Crippen LogP contribution in [-0.2, 0) is 0 Å². The maximum absolute atomic E-state index is 12.9. The van der Waals surface area contributed by atoms with Crippen LogP contribution < -0.4 is 10.6 Å². The first-order valence-corrected chi connectivity index (χ1v) is 7.37. The summed E-state index contributed by atoms with van der Waals surface area (Å²) in [5.41, 5.74) is 0.629. The third-order valence-corrected chi connectivity index (χ3v) is 4.14. The lowest BCUT2D eigenvalue weighted by Crippen LogP contribution is -2.43. The van der Waals surface area contributed by atoms with Crippen molar-refractivity contribution < 1.29 is 4.39 Å². The predicted octanol–water partition coefficient (Wildman–Crippen LogP) is 4.34. The van der Waals surface area contributed by atoms with Gasteiger partial charge in [0.05, 0.1) is 10.7 Å².